The van der Waals surface area contributed by atoms with Crippen LogP contribution in [-0.2, 0) is 20.7 Å². The second kappa shape index (κ2) is 6.16. The van der Waals surface area contributed by atoms with Crippen LogP contribution in [-0.4, -0.2) is 48.4 Å². The molecule has 1 amide bonds. The number of amides is 1. The molecule has 2 heterocycles. The molecule has 1 N–H and O–H groups in total. The van der Waals surface area contributed by atoms with Gasteiger partial charge in [-0.2, -0.15) is 0 Å². The highest BCUT2D eigenvalue weighted by molar-refractivity contribution is 6.41. The molecule has 3 rings (SSSR count). The van der Waals surface area contributed by atoms with E-state index in [1.807, 2.05) is 18.2 Å². The monoisotopic (exact) mass is 314 g/mol. The zero-order valence-electron chi connectivity index (χ0n) is 13.6. The highest BCUT2D eigenvalue weighted by Gasteiger charge is 2.29. The minimum absolute atomic E-state index is 0.150. The second-order valence-corrected chi connectivity index (χ2v) is 6.67. The van der Waals surface area contributed by atoms with E-state index in [4.69, 9.17) is 4.74 Å². The third kappa shape index (κ3) is 3.45. The number of hydrogen-bond acceptors (Lipinski definition) is 4. The second-order valence-electron chi connectivity index (χ2n) is 6.67. The number of hydrogen-bond donors (Lipinski definition) is 1. The van der Waals surface area contributed by atoms with Crippen LogP contribution >= 0.6 is 0 Å². The van der Waals surface area contributed by atoms with E-state index in [9.17, 15) is 9.59 Å². The van der Waals surface area contributed by atoms with Crippen LogP contribution in [0.5, 0.6) is 0 Å². The fourth-order valence-corrected chi connectivity index (χ4v) is 3.12. The highest BCUT2D eigenvalue weighted by Crippen LogP contribution is 2.29. The summed E-state index contributed by atoms with van der Waals surface area (Å²) in [5.74, 6) is -0.939. The topological polar surface area (TPSA) is 58.6 Å². The average molecular weight is 314 g/mol. The fourth-order valence-electron chi connectivity index (χ4n) is 3.12. The first-order chi connectivity index (χ1) is 11.0. The molecule has 5 nitrogen and oxygen atoms in total. The fraction of sp³-hybridized carbons (Fsp3) is 0.444. The Balaban J connectivity index is 1.86. The molecular formula is C18H22N2O3. The van der Waals surface area contributed by atoms with Crippen LogP contribution in [0, 0.1) is 0 Å². The van der Waals surface area contributed by atoms with Crippen LogP contribution in [0.4, 0.5) is 0 Å². The Labute approximate surface area is 136 Å². The van der Waals surface area contributed by atoms with Crippen LogP contribution < -0.4 is 5.32 Å². The minimum Gasteiger partial charge on any atom is -0.379 e. The van der Waals surface area contributed by atoms with Crippen molar-refractivity contribution in [2.24, 2.45) is 0 Å². The van der Waals surface area contributed by atoms with Crippen molar-refractivity contribution < 1.29 is 14.3 Å². The summed E-state index contributed by atoms with van der Waals surface area (Å²) in [6, 6.07) is 8.00. The Morgan fingerprint density at radius 3 is 2.65 bits per heavy atom. The number of rotatable bonds is 2. The van der Waals surface area contributed by atoms with Crippen LogP contribution in [0.15, 0.2) is 30.3 Å². The average Bonchev–Trinajstić information content (AvgIpc) is 2.54. The van der Waals surface area contributed by atoms with E-state index >= 15 is 0 Å². The van der Waals surface area contributed by atoms with Crippen molar-refractivity contribution in [3.8, 4) is 0 Å². The van der Waals surface area contributed by atoms with Gasteiger partial charge in [0.05, 0.1) is 13.2 Å². The number of carbonyl (C=O) groups is 2. The summed E-state index contributed by atoms with van der Waals surface area (Å²) in [5.41, 5.74) is 2.76. The SMILES string of the molecule is CC1(C)Cc2ccccc2/C(=C/C(=O)C(=O)N2CCOCC2)N1. The molecular weight excluding hydrogens is 292 g/mol. The van der Waals surface area contributed by atoms with Crippen molar-refractivity contribution >= 4 is 17.4 Å². The van der Waals surface area contributed by atoms with Gasteiger partial charge in [-0.15, -0.1) is 0 Å². The summed E-state index contributed by atoms with van der Waals surface area (Å²) >= 11 is 0. The van der Waals surface area contributed by atoms with Crippen molar-refractivity contribution in [1.82, 2.24) is 10.2 Å². The quantitative estimate of drug-likeness (QED) is 0.662. The Morgan fingerprint density at radius 1 is 1.22 bits per heavy atom. The predicted octanol–water partition coefficient (Wildman–Crippen LogP) is 1.38. The lowest BCUT2D eigenvalue weighted by Crippen LogP contribution is -2.45. The first kappa shape index (κ1) is 15.7. The van der Waals surface area contributed by atoms with E-state index in [2.05, 4.69) is 25.2 Å². The maximum Gasteiger partial charge on any atom is 0.294 e. The van der Waals surface area contributed by atoms with E-state index in [1.54, 1.807) is 4.90 Å². The first-order valence-electron chi connectivity index (χ1n) is 7.95. The van der Waals surface area contributed by atoms with Crippen LogP contribution in [0.3, 0.4) is 0 Å². The molecule has 122 valence electrons. The number of nitrogens with one attached hydrogen (secondary N) is 1. The zero-order valence-corrected chi connectivity index (χ0v) is 13.6. The highest BCUT2D eigenvalue weighted by atomic mass is 16.5. The Hall–Kier alpha value is -2.14. The lowest BCUT2D eigenvalue weighted by atomic mass is 9.85. The van der Waals surface area contributed by atoms with Gasteiger partial charge in [-0.05, 0) is 25.8 Å². The van der Waals surface area contributed by atoms with E-state index in [0.717, 1.165) is 17.7 Å². The molecule has 23 heavy (non-hydrogen) atoms. The summed E-state index contributed by atoms with van der Waals surface area (Å²) in [7, 11) is 0. The Bertz CT molecular complexity index is 658. The van der Waals surface area contributed by atoms with Crippen molar-refractivity contribution in [1.29, 1.82) is 0 Å². The van der Waals surface area contributed by atoms with Crippen LogP contribution in [0.2, 0.25) is 0 Å². The van der Waals surface area contributed by atoms with Crippen LogP contribution in [0.25, 0.3) is 5.70 Å². The maximum atomic E-state index is 12.4. The van der Waals surface area contributed by atoms with E-state index < -0.39 is 11.7 Å². The summed E-state index contributed by atoms with van der Waals surface area (Å²) in [4.78, 5) is 26.2. The molecule has 0 unspecified atom stereocenters. The molecule has 1 saturated heterocycles. The largest absolute Gasteiger partial charge is 0.379 e. The number of fused-ring (bicyclic) bond motifs is 1. The van der Waals surface area contributed by atoms with Gasteiger partial charge in [0.1, 0.15) is 0 Å². The summed E-state index contributed by atoms with van der Waals surface area (Å²) in [6.45, 7) is 6.11. The molecule has 2 aliphatic heterocycles. The van der Waals surface area contributed by atoms with Gasteiger partial charge >= 0.3 is 0 Å². The lowest BCUT2D eigenvalue weighted by molar-refractivity contribution is -0.145. The molecule has 0 saturated carbocycles. The van der Waals surface area contributed by atoms with Gasteiger partial charge in [0.15, 0.2) is 0 Å². The molecule has 0 aliphatic carbocycles. The molecule has 1 aromatic carbocycles. The molecule has 5 heteroatoms. The normalized spacial score (nSPS) is 21.5. The summed E-state index contributed by atoms with van der Waals surface area (Å²) in [6.07, 6.45) is 2.32. The van der Waals surface area contributed by atoms with Crippen molar-refractivity contribution in [2.45, 2.75) is 25.8 Å². The smallest absolute Gasteiger partial charge is 0.294 e. The van der Waals surface area contributed by atoms with Crippen molar-refractivity contribution in [3.63, 3.8) is 0 Å². The predicted molar refractivity (Wildman–Crippen MR) is 87.7 cm³/mol. The van der Waals surface area contributed by atoms with Crippen molar-refractivity contribution in [3.05, 3.63) is 41.5 Å². The zero-order chi connectivity index (χ0) is 16.4. The number of carbonyl (C=O) groups excluding carboxylic acids is 2. The molecule has 0 bridgehead atoms. The number of benzene rings is 1. The molecule has 0 spiro atoms. The Kier molecular flexibility index (Phi) is 4.22. The maximum absolute atomic E-state index is 12.4. The van der Waals surface area contributed by atoms with Gasteiger partial charge in [0, 0.05) is 36.0 Å². The van der Waals surface area contributed by atoms with Gasteiger partial charge in [0.25, 0.3) is 5.91 Å². The minimum atomic E-state index is -0.484. The molecule has 2 aliphatic rings. The molecule has 0 atom stereocenters. The van der Waals surface area contributed by atoms with Gasteiger partial charge in [-0.1, -0.05) is 24.3 Å². The molecule has 1 aromatic rings. The van der Waals surface area contributed by atoms with E-state index in [1.165, 1.54) is 11.6 Å². The number of ketones is 1. The Morgan fingerprint density at radius 2 is 1.91 bits per heavy atom. The third-order valence-electron chi connectivity index (χ3n) is 4.20. The molecule has 0 aromatic heterocycles. The van der Waals surface area contributed by atoms with Crippen LogP contribution in [0.1, 0.15) is 25.0 Å². The number of ether oxygens (including phenoxy) is 1. The van der Waals surface area contributed by atoms with Gasteiger partial charge in [0.2, 0.25) is 5.78 Å². The standard InChI is InChI=1S/C18H22N2O3/c1-18(2)12-13-5-3-4-6-14(13)15(19-18)11-16(21)17(22)20-7-9-23-10-8-20/h3-6,11,19H,7-10,12H2,1-2H3/b15-11-. The third-order valence-corrected chi connectivity index (χ3v) is 4.20. The number of nitrogens with zero attached hydrogens (tertiary/aromatic N) is 1. The molecule has 0 radical (unpaired) electrons. The van der Waals surface area contributed by atoms with Crippen molar-refractivity contribution in [2.75, 3.05) is 26.3 Å². The van der Waals surface area contributed by atoms with Gasteiger partial charge < -0.3 is 15.0 Å². The van der Waals surface area contributed by atoms with E-state index in [0.29, 0.717) is 26.3 Å². The molecule has 1 fully saturated rings. The lowest BCUT2D eigenvalue weighted by Gasteiger charge is -2.35. The van der Waals surface area contributed by atoms with E-state index in [-0.39, 0.29) is 5.54 Å². The summed E-state index contributed by atoms with van der Waals surface area (Å²) < 4.78 is 5.22. The summed E-state index contributed by atoms with van der Waals surface area (Å²) in [5, 5.41) is 3.38. The van der Waals surface area contributed by atoms with Gasteiger partial charge in [-0.25, -0.2) is 0 Å². The first-order valence-corrected chi connectivity index (χ1v) is 7.95. The van der Waals surface area contributed by atoms with Gasteiger partial charge in [-0.3, -0.25) is 9.59 Å². The number of morpholine rings is 1.